The monoisotopic (exact) mass is 567 g/mol. The molecule has 8 nitrogen and oxygen atoms in total. The van der Waals surface area contributed by atoms with Gasteiger partial charge in [-0.15, -0.1) is 0 Å². The molecule has 3 atom stereocenters. The fourth-order valence-electron chi connectivity index (χ4n) is 5.51. The second-order valence-corrected chi connectivity index (χ2v) is 11.2. The van der Waals surface area contributed by atoms with Gasteiger partial charge in [-0.25, -0.2) is 0 Å². The number of amides is 3. The molecule has 0 unspecified atom stereocenters. The van der Waals surface area contributed by atoms with Crippen molar-refractivity contribution in [1.29, 1.82) is 0 Å². The first-order valence-corrected chi connectivity index (χ1v) is 15.1. The van der Waals surface area contributed by atoms with Gasteiger partial charge in [0, 0.05) is 55.8 Å². The molecule has 3 aromatic rings. The topological polar surface area (TPSA) is 103 Å². The van der Waals surface area contributed by atoms with Gasteiger partial charge in [-0.1, -0.05) is 66.7 Å². The minimum atomic E-state index is -0.674. The highest BCUT2D eigenvalue weighted by molar-refractivity contribution is 6.01. The van der Waals surface area contributed by atoms with Crippen molar-refractivity contribution in [2.75, 3.05) is 32.7 Å². The quantitative estimate of drug-likeness (QED) is 0.237. The summed E-state index contributed by atoms with van der Waals surface area (Å²) in [7, 11) is 0. The second kappa shape index (κ2) is 14.8. The van der Waals surface area contributed by atoms with Crippen LogP contribution in [0.2, 0.25) is 0 Å². The maximum absolute atomic E-state index is 13.3. The van der Waals surface area contributed by atoms with Crippen molar-refractivity contribution in [3.63, 3.8) is 0 Å². The lowest BCUT2D eigenvalue weighted by atomic mass is 10.1. The molecule has 1 saturated heterocycles. The molecular formula is C34H41N5O3. The highest BCUT2D eigenvalue weighted by Gasteiger charge is 2.37. The molecule has 1 saturated carbocycles. The van der Waals surface area contributed by atoms with E-state index in [1.807, 2.05) is 36.4 Å². The van der Waals surface area contributed by atoms with Crippen molar-refractivity contribution in [2.24, 2.45) is 0 Å². The predicted molar refractivity (Wildman–Crippen MR) is 164 cm³/mol. The van der Waals surface area contributed by atoms with Gasteiger partial charge in [0.1, 0.15) is 6.04 Å². The van der Waals surface area contributed by atoms with Gasteiger partial charge in [0.15, 0.2) is 0 Å². The summed E-state index contributed by atoms with van der Waals surface area (Å²) >= 11 is 0. The van der Waals surface area contributed by atoms with Crippen LogP contribution in [-0.2, 0) is 11.3 Å². The lowest BCUT2D eigenvalue weighted by Crippen LogP contribution is -2.47. The predicted octanol–water partition coefficient (Wildman–Crippen LogP) is 3.46. The van der Waals surface area contributed by atoms with E-state index in [1.165, 1.54) is 5.56 Å². The fraction of sp³-hybridized carbons (Fsp3) is 0.382. The Balaban J connectivity index is 1.15. The Morgan fingerprint density at radius 3 is 2.33 bits per heavy atom. The first-order valence-electron chi connectivity index (χ1n) is 15.1. The van der Waals surface area contributed by atoms with Gasteiger partial charge >= 0.3 is 0 Å². The van der Waals surface area contributed by atoms with Gasteiger partial charge in [-0.2, -0.15) is 0 Å². The summed E-state index contributed by atoms with van der Waals surface area (Å²) in [4.78, 5) is 41.3. The summed E-state index contributed by atoms with van der Waals surface area (Å²) in [5.74, 6) is -0.0663. The van der Waals surface area contributed by atoms with Crippen LogP contribution in [0.15, 0.2) is 84.9 Å². The molecule has 0 bridgehead atoms. The number of piperazine rings is 1. The Hall–Kier alpha value is -4.01. The van der Waals surface area contributed by atoms with Crippen molar-refractivity contribution >= 4 is 17.7 Å². The smallest absolute Gasteiger partial charge is 0.253 e. The SMILES string of the molecule is O=C(N[C@@H](CCCCN[C@H]1C[C@@H]1c1ccccc1)C(=O)NCc1ccccc1)c1cccc(C(=O)N2CCNCC2)c1. The maximum Gasteiger partial charge on any atom is 0.253 e. The van der Waals surface area contributed by atoms with Gasteiger partial charge in [-0.05, 0) is 61.6 Å². The molecule has 2 fully saturated rings. The van der Waals surface area contributed by atoms with E-state index in [-0.39, 0.29) is 17.7 Å². The van der Waals surface area contributed by atoms with E-state index in [9.17, 15) is 14.4 Å². The van der Waals surface area contributed by atoms with Crippen LogP contribution in [0.1, 0.15) is 63.4 Å². The largest absolute Gasteiger partial charge is 0.350 e. The Morgan fingerprint density at radius 2 is 1.57 bits per heavy atom. The van der Waals surface area contributed by atoms with Crippen LogP contribution >= 0.6 is 0 Å². The molecular weight excluding hydrogens is 526 g/mol. The molecule has 1 aliphatic carbocycles. The Morgan fingerprint density at radius 1 is 0.857 bits per heavy atom. The van der Waals surface area contributed by atoms with Crippen LogP contribution in [0.5, 0.6) is 0 Å². The molecule has 3 amide bonds. The van der Waals surface area contributed by atoms with E-state index in [0.29, 0.717) is 49.1 Å². The highest BCUT2D eigenvalue weighted by Crippen LogP contribution is 2.40. The van der Waals surface area contributed by atoms with Crippen LogP contribution in [0.25, 0.3) is 0 Å². The number of carbonyl (C=O) groups is 3. The summed E-state index contributed by atoms with van der Waals surface area (Å²) in [5, 5.41) is 12.8. The lowest BCUT2D eigenvalue weighted by molar-refractivity contribution is -0.123. The molecule has 42 heavy (non-hydrogen) atoms. The first-order chi connectivity index (χ1) is 20.6. The molecule has 4 N–H and O–H groups in total. The highest BCUT2D eigenvalue weighted by atomic mass is 16.2. The van der Waals surface area contributed by atoms with E-state index in [2.05, 4.69) is 45.5 Å². The molecule has 1 heterocycles. The normalized spacial score (nSPS) is 18.6. The standard InChI is InChI=1S/C34H41N5O3/c40-32(27-14-9-15-28(22-27)34(42)39-20-18-35-19-21-39)38-30(33(41)37-24-25-10-3-1-4-11-25)16-7-8-17-36-31-23-29(31)26-12-5-2-6-13-26/h1-6,9-15,22,29-31,35-36H,7-8,16-21,23-24H2,(H,37,41)(H,38,40)/t29-,30+,31+/m1/s1. The van der Waals surface area contributed by atoms with E-state index in [1.54, 1.807) is 29.2 Å². The summed E-state index contributed by atoms with van der Waals surface area (Å²) in [6.07, 6.45) is 3.38. The molecule has 2 aliphatic rings. The van der Waals surface area contributed by atoms with Gasteiger partial charge in [0.25, 0.3) is 11.8 Å². The third kappa shape index (κ3) is 8.27. The number of hydrogen-bond acceptors (Lipinski definition) is 5. The summed E-state index contributed by atoms with van der Waals surface area (Å²) in [6, 6.07) is 26.9. The molecule has 220 valence electrons. The second-order valence-electron chi connectivity index (χ2n) is 11.2. The zero-order valence-electron chi connectivity index (χ0n) is 24.1. The van der Waals surface area contributed by atoms with Crippen LogP contribution in [0, 0.1) is 0 Å². The summed E-state index contributed by atoms with van der Waals surface area (Å²) in [6.45, 7) is 4.06. The Kier molecular flexibility index (Phi) is 10.4. The zero-order chi connectivity index (χ0) is 29.1. The van der Waals surface area contributed by atoms with Crippen molar-refractivity contribution in [3.05, 3.63) is 107 Å². The maximum atomic E-state index is 13.3. The van der Waals surface area contributed by atoms with Gasteiger partial charge in [-0.3, -0.25) is 14.4 Å². The zero-order valence-corrected chi connectivity index (χ0v) is 24.1. The van der Waals surface area contributed by atoms with Crippen LogP contribution in [0.4, 0.5) is 0 Å². The number of nitrogens with one attached hydrogen (secondary N) is 4. The molecule has 0 radical (unpaired) electrons. The molecule has 8 heteroatoms. The van der Waals surface area contributed by atoms with Gasteiger partial charge in [0.05, 0.1) is 0 Å². The summed E-state index contributed by atoms with van der Waals surface area (Å²) in [5.41, 5.74) is 3.23. The molecule has 0 spiro atoms. The van der Waals surface area contributed by atoms with Crippen molar-refractivity contribution < 1.29 is 14.4 Å². The number of rotatable bonds is 13. The number of hydrogen-bond donors (Lipinski definition) is 4. The number of carbonyl (C=O) groups excluding carboxylic acids is 3. The van der Waals surface area contributed by atoms with Crippen molar-refractivity contribution in [2.45, 2.75) is 50.2 Å². The summed E-state index contributed by atoms with van der Waals surface area (Å²) < 4.78 is 0. The Bertz CT molecular complexity index is 1330. The van der Waals surface area contributed by atoms with Crippen LogP contribution in [0.3, 0.4) is 0 Å². The van der Waals surface area contributed by atoms with E-state index >= 15 is 0 Å². The van der Waals surface area contributed by atoms with E-state index in [0.717, 1.165) is 44.5 Å². The number of unbranched alkanes of at least 4 members (excludes halogenated alkanes) is 1. The van der Waals surface area contributed by atoms with Crippen LogP contribution in [-0.4, -0.2) is 67.4 Å². The molecule has 3 aromatic carbocycles. The van der Waals surface area contributed by atoms with E-state index < -0.39 is 6.04 Å². The average molecular weight is 568 g/mol. The third-order valence-electron chi connectivity index (χ3n) is 8.05. The third-order valence-corrected chi connectivity index (χ3v) is 8.05. The van der Waals surface area contributed by atoms with Crippen molar-refractivity contribution in [3.8, 4) is 0 Å². The molecule has 1 aliphatic heterocycles. The number of benzene rings is 3. The number of nitrogens with zero attached hydrogens (tertiary/aromatic N) is 1. The first kappa shape index (κ1) is 29.5. The Labute approximate surface area is 248 Å². The molecule has 0 aromatic heterocycles. The van der Waals surface area contributed by atoms with Gasteiger partial charge in [0.2, 0.25) is 5.91 Å². The minimum Gasteiger partial charge on any atom is -0.350 e. The van der Waals surface area contributed by atoms with Crippen molar-refractivity contribution in [1.82, 2.24) is 26.2 Å². The van der Waals surface area contributed by atoms with Crippen LogP contribution < -0.4 is 21.3 Å². The van der Waals surface area contributed by atoms with E-state index in [4.69, 9.17) is 0 Å². The molecule has 5 rings (SSSR count). The average Bonchev–Trinajstić information content (AvgIpc) is 3.83. The fourth-order valence-corrected chi connectivity index (χ4v) is 5.51. The van der Waals surface area contributed by atoms with Gasteiger partial charge < -0.3 is 26.2 Å². The lowest BCUT2D eigenvalue weighted by Gasteiger charge is -2.27. The minimum absolute atomic E-state index is 0.0824.